The van der Waals surface area contributed by atoms with E-state index in [1.165, 1.54) is 0 Å². The molecule has 1 saturated carbocycles. The molecule has 5 rings (SSSR count). The number of imidazole rings is 1. The molecular weight excluding hydrogens is 422 g/mol. The van der Waals surface area contributed by atoms with Crippen LogP contribution in [0.25, 0.3) is 17.0 Å². The highest BCUT2D eigenvalue weighted by atomic mass is 16.5. The smallest absolute Gasteiger partial charge is 0.274 e. The van der Waals surface area contributed by atoms with Crippen molar-refractivity contribution >= 4 is 17.2 Å². The number of rotatable bonds is 8. The summed E-state index contributed by atoms with van der Waals surface area (Å²) >= 11 is 0. The van der Waals surface area contributed by atoms with E-state index in [4.69, 9.17) is 14.0 Å². The molecule has 0 aliphatic heterocycles. The highest BCUT2D eigenvalue weighted by molar-refractivity contribution is 6.04. The number of hydrogen-bond donors (Lipinski definition) is 1. The number of hydrogen-bond acceptors (Lipinski definition) is 7. The molecule has 4 aromatic rings. The average molecular weight is 447 g/mol. The van der Waals surface area contributed by atoms with Crippen LogP contribution < -0.4 is 5.32 Å². The van der Waals surface area contributed by atoms with Crippen LogP contribution in [0.3, 0.4) is 0 Å². The molecule has 0 radical (unpaired) electrons. The zero-order valence-electron chi connectivity index (χ0n) is 18.5. The third-order valence-electron chi connectivity index (χ3n) is 5.92. The highest BCUT2D eigenvalue weighted by Gasteiger charge is 2.35. The van der Waals surface area contributed by atoms with Crippen LogP contribution in [0.1, 0.15) is 40.7 Å². The lowest BCUT2D eigenvalue weighted by molar-refractivity contribution is -0.0354. The maximum absolute atomic E-state index is 12.9. The zero-order chi connectivity index (χ0) is 22.8. The summed E-state index contributed by atoms with van der Waals surface area (Å²) in [4.78, 5) is 21.8. The summed E-state index contributed by atoms with van der Waals surface area (Å²) in [6, 6.07) is 11.3. The van der Waals surface area contributed by atoms with Crippen molar-refractivity contribution in [3.8, 4) is 11.4 Å². The summed E-state index contributed by atoms with van der Waals surface area (Å²) in [5, 5.41) is 7.14. The molecule has 1 aliphatic rings. The topological polar surface area (TPSA) is 104 Å². The van der Waals surface area contributed by atoms with Crippen LogP contribution >= 0.6 is 0 Å². The Morgan fingerprint density at radius 3 is 2.97 bits per heavy atom. The van der Waals surface area contributed by atoms with Crippen molar-refractivity contribution in [2.45, 2.75) is 31.8 Å². The molecule has 0 spiro atoms. The summed E-state index contributed by atoms with van der Waals surface area (Å²) in [6.07, 6.45) is 5.32. The number of pyridine rings is 1. The molecule has 3 aromatic heterocycles. The molecular formula is C24H25N5O4. The third kappa shape index (κ3) is 4.37. The first-order valence-corrected chi connectivity index (χ1v) is 10.9. The Kier molecular flexibility index (Phi) is 5.89. The predicted octanol–water partition coefficient (Wildman–Crippen LogP) is 3.85. The Hall–Kier alpha value is -3.56. The number of aryl methyl sites for hydroxylation is 1. The zero-order valence-corrected chi connectivity index (χ0v) is 18.5. The molecule has 33 heavy (non-hydrogen) atoms. The molecule has 0 atom stereocenters. The molecule has 0 bridgehead atoms. The first-order valence-electron chi connectivity index (χ1n) is 10.9. The van der Waals surface area contributed by atoms with Gasteiger partial charge in [-0.3, -0.25) is 9.20 Å². The summed E-state index contributed by atoms with van der Waals surface area (Å²) in [5.74, 6) is 1.09. The number of carbonyl (C=O) groups excluding carboxylic acids is 1. The Morgan fingerprint density at radius 2 is 2.12 bits per heavy atom. The standard InChI is InChI=1S/C24H25N5O4/c1-15-6-7-16(22-27-24(33-28-22)17-11-18(12-17)32-10-9-31-2)13-19(15)26-23(30)20-14-25-21-5-3-4-8-29(20)21/h3-8,13-14,17-18H,9-12H2,1-2H3,(H,26,30)/t17-,18+. The predicted molar refractivity (Wildman–Crippen MR) is 121 cm³/mol. The SMILES string of the molecule is COCCO[C@H]1C[C@@H](c2nc(-c3ccc(C)c(NC(=O)c4cnc5ccccn45)c3)no2)C1. The molecule has 9 nitrogen and oxygen atoms in total. The van der Waals surface area contributed by atoms with Gasteiger partial charge in [0.1, 0.15) is 11.3 Å². The molecule has 0 saturated heterocycles. The number of carbonyl (C=O) groups is 1. The van der Waals surface area contributed by atoms with Crippen molar-refractivity contribution in [1.29, 1.82) is 0 Å². The average Bonchev–Trinajstić information content (AvgIpc) is 3.44. The van der Waals surface area contributed by atoms with Crippen LogP contribution in [-0.4, -0.2) is 51.9 Å². The van der Waals surface area contributed by atoms with Gasteiger partial charge < -0.3 is 19.3 Å². The quantitative estimate of drug-likeness (QED) is 0.409. The van der Waals surface area contributed by atoms with Crippen LogP contribution in [0.4, 0.5) is 5.69 Å². The lowest BCUT2D eigenvalue weighted by atomic mass is 9.82. The number of fused-ring (bicyclic) bond motifs is 1. The van der Waals surface area contributed by atoms with Crippen LogP contribution in [0, 0.1) is 6.92 Å². The fourth-order valence-electron chi connectivity index (χ4n) is 3.90. The number of aromatic nitrogens is 4. The molecule has 9 heteroatoms. The van der Waals surface area contributed by atoms with Gasteiger partial charge in [0, 0.05) is 30.5 Å². The van der Waals surface area contributed by atoms with Gasteiger partial charge in [-0.2, -0.15) is 4.98 Å². The van der Waals surface area contributed by atoms with Gasteiger partial charge in [-0.15, -0.1) is 0 Å². The Labute approximate surface area is 190 Å². The summed E-state index contributed by atoms with van der Waals surface area (Å²) in [6.45, 7) is 3.12. The highest BCUT2D eigenvalue weighted by Crippen LogP contribution is 2.38. The first kappa shape index (κ1) is 21.3. The molecule has 170 valence electrons. The van der Waals surface area contributed by atoms with Crippen molar-refractivity contribution in [2.75, 3.05) is 25.6 Å². The van der Waals surface area contributed by atoms with Gasteiger partial charge in [0.05, 0.1) is 25.5 Å². The van der Waals surface area contributed by atoms with Crippen molar-refractivity contribution in [3.05, 3.63) is 65.9 Å². The van der Waals surface area contributed by atoms with Crippen LogP contribution in [-0.2, 0) is 9.47 Å². The maximum atomic E-state index is 12.9. The van der Waals surface area contributed by atoms with Crippen molar-refractivity contribution in [2.24, 2.45) is 0 Å². The van der Waals surface area contributed by atoms with E-state index in [1.54, 1.807) is 17.7 Å². The fourth-order valence-corrected chi connectivity index (χ4v) is 3.90. The van der Waals surface area contributed by atoms with E-state index in [0.717, 1.165) is 29.6 Å². The van der Waals surface area contributed by atoms with E-state index < -0.39 is 0 Å². The Balaban J connectivity index is 1.28. The molecule has 3 heterocycles. The number of methoxy groups -OCH3 is 1. The van der Waals surface area contributed by atoms with Crippen molar-refractivity contribution in [3.63, 3.8) is 0 Å². The third-order valence-corrected chi connectivity index (χ3v) is 5.92. The minimum atomic E-state index is -0.239. The van der Waals surface area contributed by atoms with Gasteiger partial charge in [0.15, 0.2) is 0 Å². The van der Waals surface area contributed by atoms with Crippen molar-refractivity contribution < 1.29 is 18.8 Å². The van der Waals surface area contributed by atoms with E-state index in [0.29, 0.717) is 36.3 Å². The second kappa shape index (κ2) is 9.13. The van der Waals surface area contributed by atoms with Gasteiger partial charge >= 0.3 is 0 Å². The first-order chi connectivity index (χ1) is 16.1. The van der Waals surface area contributed by atoms with E-state index in [-0.39, 0.29) is 17.9 Å². The fraction of sp³-hybridized carbons (Fsp3) is 0.333. The van der Waals surface area contributed by atoms with Gasteiger partial charge in [-0.05, 0) is 43.5 Å². The number of amides is 1. The number of anilines is 1. The molecule has 1 aromatic carbocycles. The van der Waals surface area contributed by atoms with E-state index in [9.17, 15) is 4.79 Å². The minimum absolute atomic E-state index is 0.207. The number of benzene rings is 1. The molecule has 0 unspecified atom stereocenters. The summed E-state index contributed by atoms with van der Waals surface area (Å²) < 4.78 is 18.0. The van der Waals surface area contributed by atoms with Crippen LogP contribution in [0.5, 0.6) is 0 Å². The molecule has 1 aliphatic carbocycles. The van der Waals surface area contributed by atoms with Gasteiger partial charge in [-0.1, -0.05) is 23.4 Å². The number of nitrogens with one attached hydrogen (secondary N) is 1. The summed E-state index contributed by atoms with van der Waals surface area (Å²) in [5.41, 5.74) is 3.57. The van der Waals surface area contributed by atoms with Gasteiger partial charge in [-0.25, -0.2) is 4.98 Å². The maximum Gasteiger partial charge on any atom is 0.274 e. The lowest BCUT2D eigenvalue weighted by Crippen LogP contribution is -2.31. The molecule has 1 fully saturated rings. The summed E-state index contributed by atoms with van der Waals surface area (Å²) in [7, 11) is 1.66. The molecule has 1 N–H and O–H groups in total. The second-order valence-electron chi connectivity index (χ2n) is 8.17. The Bertz CT molecular complexity index is 1270. The number of nitrogens with zero attached hydrogens (tertiary/aromatic N) is 4. The minimum Gasteiger partial charge on any atom is -0.382 e. The van der Waals surface area contributed by atoms with Crippen molar-refractivity contribution in [1.82, 2.24) is 19.5 Å². The molecule has 1 amide bonds. The van der Waals surface area contributed by atoms with Gasteiger partial charge in [0.25, 0.3) is 5.91 Å². The number of ether oxygens (including phenoxy) is 2. The normalized spacial score (nSPS) is 17.8. The lowest BCUT2D eigenvalue weighted by Gasteiger charge is -2.32. The van der Waals surface area contributed by atoms with E-state index in [2.05, 4.69) is 20.4 Å². The monoisotopic (exact) mass is 447 g/mol. The largest absolute Gasteiger partial charge is 0.382 e. The van der Waals surface area contributed by atoms with E-state index >= 15 is 0 Å². The van der Waals surface area contributed by atoms with Crippen LogP contribution in [0.15, 0.2) is 53.3 Å². The van der Waals surface area contributed by atoms with Gasteiger partial charge in [0.2, 0.25) is 11.7 Å². The Morgan fingerprint density at radius 1 is 1.24 bits per heavy atom. The van der Waals surface area contributed by atoms with E-state index in [1.807, 2.05) is 49.5 Å². The second-order valence-corrected chi connectivity index (χ2v) is 8.17. The van der Waals surface area contributed by atoms with Crippen LogP contribution in [0.2, 0.25) is 0 Å².